The number of methoxy groups -OCH3 is 1. The predicted molar refractivity (Wildman–Crippen MR) is 91.7 cm³/mol. The first kappa shape index (κ1) is 18.6. The van der Waals surface area contributed by atoms with Crippen molar-refractivity contribution in [1.82, 2.24) is 0 Å². The van der Waals surface area contributed by atoms with Crippen molar-refractivity contribution in [2.75, 3.05) is 26.2 Å². The van der Waals surface area contributed by atoms with E-state index in [1.54, 1.807) is 7.11 Å². The Balaban J connectivity index is 2.86. The van der Waals surface area contributed by atoms with Crippen LogP contribution in [0.2, 0.25) is 0 Å². The normalized spacial score (nSPS) is 11.5. The smallest absolute Gasteiger partial charge is 0.188 e. The predicted octanol–water partition coefficient (Wildman–Crippen LogP) is 4.51. The molecule has 0 amide bonds. The van der Waals surface area contributed by atoms with Crippen LogP contribution in [0.3, 0.4) is 0 Å². The van der Waals surface area contributed by atoms with Gasteiger partial charge in [0, 0.05) is 18.7 Å². The molecule has 0 atom stereocenters. The average Bonchev–Trinajstić information content (AvgIpc) is 2.44. The molecule has 2 N–H and O–H groups in total. The molecule has 0 aliphatic heterocycles. The summed E-state index contributed by atoms with van der Waals surface area (Å²) >= 11 is 0. The summed E-state index contributed by atoms with van der Waals surface area (Å²) in [6.45, 7) is 9.51. The molecular weight excluding hydrogens is 278 g/mol. The third-order valence-corrected chi connectivity index (χ3v) is 3.49. The summed E-state index contributed by atoms with van der Waals surface area (Å²) in [5, 5.41) is 0. The lowest BCUT2D eigenvalue weighted by Gasteiger charge is -2.25. The Labute approximate surface area is 134 Å². The molecule has 0 aliphatic carbocycles. The van der Waals surface area contributed by atoms with Gasteiger partial charge in [-0.25, -0.2) is 0 Å². The lowest BCUT2D eigenvalue weighted by atomic mass is 9.85. The van der Waals surface area contributed by atoms with Crippen LogP contribution < -0.4 is 15.2 Å². The molecule has 0 bridgehead atoms. The van der Waals surface area contributed by atoms with Crippen molar-refractivity contribution in [3.05, 3.63) is 17.7 Å². The summed E-state index contributed by atoms with van der Waals surface area (Å²) in [5.74, 6) is 1.50. The molecule has 1 aromatic carbocycles. The number of rotatable bonds is 9. The van der Waals surface area contributed by atoms with Crippen LogP contribution >= 0.6 is 0 Å². The minimum Gasteiger partial charge on any atom is -0.494 e. The summed E-state index contributed by atoms with van der Waals surface area (Å²) in [7, 11) is 1.60. The fourth-order valence-electron chi connectivity index (χ4n) is 2.26. The van der Waals surface area contributed by atoms with Crippen LogP contribution in [-0.2, 0) is 10.2 Å². The number of hydrogen-bond acceptors (Lipinski definition) is 4. The summed E-state index contributed by atoms with van der Waals surface area (Å²) in [4.78, 5) is 0. The minimum atomic E-state index is -0.0845. The molecule has 4 heteroatoms. The summed E-state index contributed by atoms with van der Waals surface area (Å²) in [6.07, 6.45) is 4.75. The first-order valence-electron chi connectivity index (χ1n) is 8.08. The third kappa shape index (κ3) is 5.76. The number of benzene rings is 1. The van der Waals surface area contributed by atoms with Crippen LogP contribution in [0.5, 0.6) is 11.5 Å². The van der Waals surface area contributed by atoms with Gasteiger partial charge in [-0.15, -0.1) is 0 Å². The van der Waals surface area contributed by atoms with Crippen LogP contribution in [0.1, 0.15) is 58.9 Å². The van der Waals surface area contributed by atoms with E-state index in [1.165, 1.54) is 19.3 Å². The Morgan fingerprint density at radius 1 is 1.05 bits per heavy atom. The van der Waals surface area contributed by atoms with Crippen molar-refractivity contribution in [2.24, 2.45) is 0 Å². The molecule has 0 fully saturated rings. The number of unbranched alkanes of at least 4 members (excludes halogenated alkanes) is 3. The average molecular weight is 309 g/mol. The van der Waals surface area contributed by atoms with Crippen LogP contribution in [0.25, 0.3) is 0 Å². The van der Waals surface area contributed by atoms with Crippen molar-refractivity contribution in [2.45, 2.75) is 58.8 Å². The molecule has 1 rings (SSSR count). The molecule has 0 spiro atoms. The Morgan fingerprint density at radius 3 is 2.36 bits per heavy atom. The van der Waals surface area contributed by atoms with Gasteiger partial charge < -0.3 is 19.9 Å². The van der Waals surface area contributed by atoms with E-state index >= 15 is 0 Å². The van der Waals surface area contributed by atoms with Gasteiger partial charge in [-0.2, -0.15) is 0 Å². The van der Waals surface area contributed by atoms with Crippen molar-refractivity contribution in [1.29, 1.82) is 0 Å². The molecule has 1 aromatic rings. The molecular formula is C18H31NO3. The molecule has 0 saturated carbocycles. The molecule has 22 heavy (non-hydrogen) atoms. The summed E-state index contributed by atoms with van der Waals surface area (Å²) in [6, 6.07) is 3.86. The number of nitrogen functional groups attached to an aromatic ring is 1. The van der Waals surface area contributed by atoms with Crippen LogP contribution in [0.4, 0.5) is 5.69 Å². The van der Waals surface area contributed by atoms with Gasteiger partial charge in [-0.05, 0) is 17.9 Å². The van der Waals surface area contributed by atoms with E-state index in [0.717, 1.165) is 24.3 Å². The zero-order valence-corrected chi connectivity index (χ0v) is 14.7. The molecule has 126 valence electrons. The first-order chi connectivity index (χ1) is 10.4. The third-order valence-electron chi connectivity index (χ3n) is 3.49. The molecule has 0 saturated heterocycles. The van der Waals surface area contributed by atoms with E-state index in [0.29, 0.717) is 11.4 Å². The maximum absolute atomic E-state index is 6.15. The quantitative estimate of drug-likeness (QED) is 0.414. The Hall–Kier alpha value is -1.42. The molecule has 4 nitrogen and oxygen atoms in total. The first-order valence-corrected chi connectivity index (χ1v) is 8.08. The van der Waals surface area contributed by atoms with E-state index < -0.39 is 0 Å². The van der Waals surface area contributed by atoms with Crippen molar-refractivity contribution in [3.63, 3.8) is 0 Å². The SMILES string of the molecule is CCCCCCOc1cc(N)c(OCOC)c(C(C)(C)C)c1. The van der Waals surface area contributed by atoms with Crippen LogP contribution in [0, 0.1) is 0 Å². The van der Waals surface area contributed by atoms with Gasteiger partial charge in [-0.1, -0.05) is 47.0 Å². The Bertz CT molecular complexity index is 452. The van der Waals surface area contributed by atoms with Gasteiger partial charge in [0.25, 0.3) is 0 Å². The second kappa shape index (κ2) is 8.89. The van der Waals surface area contributed by atoms with Crippen molar-refractivity contribution < 1.29 is 14.2 Å². The molecule has 0 aliphatic rings. The highest BCUT2D eigenvalue weighted by atomic mass is 16.7. The number of nitrogens with two attached hydrogens (primary N) is 1. The fourth-order valence-corrected chi connectivity index (χ4v) is 2.26. The highest BCUT2D eigenvalue weighted by Crippen LogP contribution is 2.39. The lowest BCUT2D eigenvalue weighted by molar-refractivity contribution is 0.0503. The van der Waals surface area contributed by atoms with E-state index in [2.05, 4.69) is 27.7 Å². The van der Waals surface area contributed by atoms with E-state index in [-0.39, 0.29) is 12.2 Å². The maximum Gasteiger partial charge on any atom is 0.188 e. The number of hydrogen-bond donors (Lipinski definition) is 1. The largest absolute Gasteiger partial charge is 0.494 e. The monoisotopic (exact) mass is 309 g/mol. The second-order valence-electron chi connectivity index (χ2n) is 6.60. The fraction of sp³-hybridized carbons (Fsp3) is 0.667. The Morgan fingerprint density at radius 2 is 1.77 bits per heavy atom. The molecule has 0 heterocycles. The van der Waals surface area contributed by atoms with Crippen molar-refractivity contribution in [3.8, 4) is 11.5 Å². The summed E-state index contributed by atoms with van der Waals surface area (Å²) < 4.78 is 16.5. The number of ether oxygens (including phenoxy) is 3. The van der Waals surface area contributed by atoms with Crippen LogP contribution in [0.15, 0.2) is 12.1 Å². The highest BCUT2D eigenvalue weighted by Gasteiger charge is 2.22. The van der Waals surface area contributed by atoms with E-state index in [9.17, 15) is 0 Å². The standard InChI is InChI=1S/C18H31NO3/c1-6-7-8-9-10-21-14-11-15(18(2,3)4)17(16(19)12-14)22-13-20-5/h11-12H,6-10,13,19H2,1-5H3. The van der Waals surface area contributed by atoms with Gasteiger partial charge in [0.15, 0.2) is 6.79 Å². The van der Waals surface area contributed by atoms with E-state index in [1.807, 2.05) is 12.1 Å². The molecule has 0 aromatic heterocycles. The minimum absolute atomic E-state index is 0.0845. The zero-order valence-electron chi connectivity index (χ0n) is 14.7. The van der Waals surface area contributed by atoms with Gasteiger partial charge in [-0.3, -0.25) is 0 Å². The second-order valence-corrected chi connectivity index (χ2v) is 6.60. The van der Waals surface area contributed by atoms with Crippen LogP contribution in [-0.4, -0.2) is 20.5 Å². The highest BCUT2D eigenvalue weighted by molar-refractivity contribution is 5.62. The van der Waals surface area contributed by atoms with E-state index in [4.69, 9.17) is 19.9 Å². The molecule has 0 unspecified atom stereocenters. The van der Waals surface area contributed by atoms with Gasteiger partial charge in [0.1, 0.15) is 11.5 Å². The summed E-state index contributed by atoms with van der Waals surface area (Å²) in [5.41, 5.74) is 7.69. The molecule has 0 radical (unpaired) electrons. The van der Waals surface area contributed by atoms with Gasteiger partial charge in [0.2, 0.25) is 0 Å². The number of anilines is 1. The topological polar surface area (TPSA) is 53.7 Å². The van der Waals surface area contributed by atoms with Gasteiger partial charge in [0.05, 0.1) is 12.3 Å². The van der Waals surface area contributed by atoms with Crippen molar-refractivity contribution >= 4 is 5.69 Å². The van der Waals surface area contributed by atoms with Gasteiger partial charge >= 0.3 is 0 Å². The maximum atomic E-state index is 6.15. The zero-order chi connectivity index (χ0) is 16.6. The Kier molecular flexibility index (Phi) is 7.52. The lowest BCUT2D eigenvalue weighted by Crippen LogP contribution is -2.16.